The number of ether oxygens (including phenoxy) is 8. The van der Waals surface area contributed by atoms with Crippen LogP contribution in [0.25, 0.3) is 6.08 Å². The Labute approximate surface area is 342 Å². The minimum Gasteiger partial charge on any atom is -0.571 e. The second-order valence-corrected chi connectivity index (χ2v) is 14.4. The molecule has 3 saturated heterocycles. The standard InChI is InChI=1S/C36H44O25/c37-7-18-24(45)27(48)30(51)34(59-18)56-15-1-10(2-16(23(15)44)57-35-31(52)28(49)25(46)19(8-38)60-35)33-17(5-12-13(40)3-11(39)4-14(12)55-33)58-36-32(53)29(50)26(47)20(61-36)9-54-22(43)6-21(41)42/h1-5,18-20,24-40,44-53H,6-9H2,(H,41,42)/p+1/t18-,19+,20-,24+,25+,26+,27-,28-,29-,30+,31-,32+,33?,34+,35+,36+/m0/s1. The molecule has 2 aromatic carbocycles. The lowest BCUT2D eigenvalue weighted by atomic mass is 9.98. The van der Waals surface area contributed by atoms with Crippen LogP contribution in [-0.4, -0.2) is 205 Å². The first kappa shape index (κ1) is 45.7. The second-order valence-electron chi connectivity index (χ2n) is 14.4. The number of aliphatic carboxylic acids is 1. The third-order valence-electron chi connectivity index (χ3n) is 10.1. The van der Waals surface area contributed by atoms with Crippen LogP contribution in [0.4, 0.5) is 0 Å². The Bertz CT molecular complexity index is 1860. The summed E-state index contributed by atoms with van der Waals surface area (Å²) in [5, 5.41) is 156. The van der Waals surface area contributed by atoms with E-state index in [9.17, 15) is 81.1 Å². The van der Waals surface area contributed by atoms with Gasteiger partial charge in [-0.05, 0) is 12.1 Å². The van der Waals surface area contributed by atoms with Gasteiger partial charge in [-0.1, -0.05) is 0 Å². The number of carbonyl (C=O) groups is 2. The van der Waals surface area contributed by atoms with E-state index < -0.39 is 165 Å². The molecule has 0 aromatic heterocycles. The summed E-state index contributed by atoms with van der Waals surface area (Å²) in [5.74, 6) is -6.60. The number of aliphatic hydroxyl groups is 12. The minimum atomic E-state index is -2.06. The molecule has 0 amide bonds. The molecule has 0 spiro atoms. The van der Waals surface area contributed by atoms with Crippen LogP contribution in [-0.2, 0) is 33.3 Å². The zero-order valence-electron chi connectivity index (χ0n) is 31.3. The molecule has 0 bridgehead atoms. The van der Waals surface area contributed by atoms with Gasteiger partial charge in [-0.3, -0.25) is 9.59 Å². The van der Waals surface area contributed by atoms with Crippen molar-refractivity contribution in [1.29, 1.82) is 0 Å². The van der Waals surface area contributed by atoms with Crippen molar-refractivity contribution in [3.63, 3.8) is 0 Å². The average Bonchev–Trinajstić information content (AvgIpc) is 3.21. The van der Waals surface area contributed by atoms with Crippen LogP contribution in [0.3, 0.4) is 0 Å². The normalized spacial score (nSPS) is 36.1. The van der Waals surface area contributed by atoms with Gasteiger partial charge in [0, 0.05) is 12.1 Å². The molecule has 16 N–H and O–H groups in total. The Kier molecular flexibility index (Phi) is 14.0. The molecule has 4 aliphatic heterocycles. The number of phenolic OH excluding ortho intramolecular Hbond substituents is 3. The van der Waals surface area contributed by atoms with E-state index in [2.05, 4.69) is 4.74 Å². The van der Waals surface area contributed by atoms with E-state index in [0.29, 0.717) is 0 Å². The molecular weight excluding hydrogens is 832 g/mol. The van der Waals surface area contributed by atoms with Gasteiger partial charge in [-0.2, -0.15) is 0 Å². The number of carbonyl (C=O) groups excluding carboxylic acids is 1. The predicted molar refractivity (Wildman–Crippen MR) is 190 cm³/mol. The SMILES string of the molecule is O=C(O)CC(=O)OC[C@@H]1O[C@@H](OC2=Cc3c(O)cc(O)cc3[OH+]C2c2cc(O[C@@H]3O[C@H](CO)[C@@H](O)[C@H](O)[C@@H]3O)c(O)c(O[C@@H]3O[C@@H](CO)[C@@H](O)[C@H](O)[C@H]3O)c2)[C@H](O)[C@@H](O)[C@@H]1O. The molecular formula is C36H45O25+. The lowest BCUT2D eigenvalue weighted by molar-refractivity contribution is -0.296. The molecule has 338 valence electrons. The first-order valence-corrected chi connectivity index (χ1v) is 18.4. The zero-order valence-corrected chi connectivity index (χ0v) is 31.3. The van der Waals surface area contributed by atoms with E-state index in [4.69, 9.17) is 38.3 Å². The summed E-state index contributed by atoms with van der Waals surface area (Å²) in [6.45, 7) is -2.58. The number of hydrogen-bond donors (Lipinski definition) is 15. The first-order chi connectivity index (χ1) is 28.8. The summed E-state index contributed by atoms with van der Waals surface area (Å²) in [5.41, 5.74) is -0.273. The highest BCUT2D eigenvalue weighted by atomic mass is 16.7. The summed E-state index contributed by atoms with van der Waals surface area (Å²) in [4.78, 5) is 22.8. The summed E-state index contributed by atoms with van der Waals surface area (Å²) in [7, 11) is 0. The van der Waals surface area contributed by atoms with Crippen molar-refractivity contribution in [3.8, 4) is 34.5 Å². The Morgan fingerprint density at radius 3 is 1.59 bits per heavy atom. The molecule has 1 unspecified atom stereocenters. The van der Waals surface area contributed by atoms with Gasteiger partial charge in [0.15, 0.2) is 17.3 Å². The molecule has 3 fully saturated rings. The molecule has 4 heterocycles. The summed E-state index contributed by atoms with van der Waals surface area (Å²) >= 11 is 0. The van der Waals surface area contributed by atoms with Gasteiger partial charge in [0.2, 0.25) is 24.6 Å². The van der Waals surface area contributed by atoms with Gasteiger partial charge in [-0.15, -0.1) is 0 Å². The molecule has 4 aliphatic rings. The van der Waals surface area contributed by atoms with Crippen molar-refractivity contribution in [1.82, 2.24) is 0 Å². The van der Waals surface area contributed by atoms with Crippen molar-refractivity contribution < 1.29 is 124 Å². The van der Waals surface area contributed by atoms with E-state index in [-0.39, 0.29) is 22.6 Å². The number of fused-ring (bicyclic) bond motifs is 1. The lowest BCUT2D eigenvalue weighted by Crippen LogP contribution is -2.60. The van der Waals surface area contributed by atoms with Crippen LogP contribution in [0.15, 0.2) is 30.0 Å². The van der Waals surface area contributed by atoms with Crippen LogP contribution >= 0.6 is 0 Å². The van der Waals surface area contributed by atoms with Crippen LogP contribution < -0.4 is 9.47 Å². The Balaban J connectivity index is 1.41. The van der Waals surface area contributed by atoms with Gasteiger partial charge in [0.05, 0.1) is 24.8 Å². The highest BCUT2D eigenvalue weighted by molar-refractivity contribution is 5.90. The first-order valence-electron chi connectivity index (χ1n) is 18.4. The Morgan fingerprint density at radius 2 is 1.10 bits per heavy atom. The fourth-order valence-electron chi connectivity index (χ4n) is 6.78. The van der Waals surface area contributed by atoms with Crippen molar-refractivity contribution >= 4 is 18.0 Å². The fraction of sp³-hybridized carbons (Fsp3) is 0.556. The van der Waals surface area contributed by atoms with Crippen LogP contribution in [0.2, 0.25) is 0 Å². The number of aromatic hydroxyl groups is 4. The van der Waals surface area contributed by atoms with Crippen LogP contribution in [0.1, 0.15) is 23.7 Å². The maximum absolute atomic E-state index is 11.9. The van der Waals surface area contributed by atoms with Gasteiger partial charge in [0.1, 0.15) is 103 Å². The Hall–Kier alpha value is -4.84. The molecule has 0 saturated carbocycles. The molecule has 0 radical (unpaired) electrons. The molecule has 2 aromatic rings. The molecule has 16 atom stereocenters. The highest BCUT2D eigenvalue weighted by Crippen LogP contribution is 2.49. The van der Waals surface area contributed by atoms with E-state index in [1.165, 1.54) is 0 Å². The average molecular weight is 878 g/mol. The number of benzene rings is 2. The summed E-state index contributed by atoms with van der Waals surface area (Å²) < 4.78 is 43.3. The maximum atomic E-state index is 11.9. The number of rotatable bonds is 13. The smallest absolute Gasteiger partial charge is 0.317 e. The maximum Gasteiger partial charge on any atom is 0.317 e. The predicted octanol–water partition coefficient (Wildman–Crippen LogP) is -5.66. The number of phenols is 3. The van der Waals surface area contributed by atoms with Gasteiger partial charge < -0.3 is 114 Å². The quantitative estimate of drug-likeness (QED) is 0.0506. The number of esters is 1. The number of carboxylic acid groups (broad SMARTS) is 1. The number of carboxylic acids is 1. The third kappa shape index (κ3) is 9.49. The van der Waals surface area contributed by atoms with Crippen molar-refractivity contribution in [2.75, 3.05) is 19.8 Å². The van der Waals surface area contributed by atoms with Gasteiger partial charge in [0.25, 0.3) is 11.9 Å². The highest BCUT2D eigenvalue weighted by Gasteiger charge is 2.49. The summed E-state index contributed by atoms with van der Waals surface area (Å²) in [6, 6.07) is 4.10. The topological polar surface area (TPSA) is 415 Å². The van der Waals surface area contributed by atoms with Gasteiger partial charge in [-0.25, -0.2) is 0 Å². The van der Waals surface area contributed by atoms with Crippen molar-refractivity contribution in [3.05, 3.63) is 41.2 Å². The number of aliphatic hydroxyl groups excluding tert-OH is 11. The lowest BCUT2D eigenvalue weighted by Gasteiger charge is -2.41. The Morgan fingerprint density at radius 1 is 0.623 bits per heavy atom. The third-order valence-corrected chi connectivity index (χ3v) is 10.1. The molecule has 61 heavy (non-hydrogen) atoms. The molecule has 25 nitrogen and oxygen atoms in total. The zero-order chi connectivity index (χ0) is 44.6. The monoisotopic (exact) mass is 877 g/mol. The molecule has 6 rings (SSSR count). The summed E-state index contributed by atoms with van der Waals surface area (Å²) in [6.07, 6.45) is -29.6. The van der Waals surface area contributed by atoms with Gasteiger partial charge >= 0.3 is 11.9 Å². The van der Waals surface area contributed by atoms with Crippen molar-refractivity contribution in [2.45, 2.75) is 105 Å². The fourth-order valence-corrected chi connectivity index (χ4v) is 6.78. The van der Waals surface area contributed by atoms with Crippen LogP contribution in [0.5, 0.6) is 34.5 Å². The van der Waals surface area contributed by atoms with E-state index >= 15 is 0 Å². The largest absolute Gasteiger partial charge is 0.571 e. The van der Waals surface area contributed by atoms with E-state index in [0.717, 1.165) is 30.3 Å². The van der Waals surface area contributed by atoms with E-state index in [1.807, 2.05) is 0 Å². The second kappa shape index (κ2) is 18.6. The number of hydrogen-bond acceptors (Lipinski definition) is 23. The van der Waals surface area contributed by atoms with E-state index in [1.54, 1.807) is 0 Å². The molecule has 0 aliphatic carbocycles. The minimum absolute atomic E-state index is 0.0940. The molecule has 25 heteroatoms. The van der Waals surface area contributed by atoms with Crippen molar-refractivity contribution in [2.24, 2.45) is 0 Å². The van der Waals surface area contributed by atoms with Crippen LogP contribution in [0, 0.1) is 0 Å².